The molecular weight excluding hydrogens is 360 g/mol. The number of nitrogens with two attached hydrogens (primary N) is 1. The van der Waals surface area contributed by atoms with Crippen LogP contribution in [0.3, 0.4) is 0 Å². The molecule has 0 radical (unpaired) electrons. The number of sulfonamides is 1. The van der Waals surface area contributed by atoms with E-state index in [1.54, 1.807) is 0 Å². The number of methoxy groups -OCH3 is 2. The van der Waals surface area contributed by atoms with E-state index in [4.69, 9.17) is 5.73 Å². The number of halogens is 1. The molecule has 0 bridgehead atoms. The fraction of sp³-hybridized carbons (Fsp3) is 0.429. The van der Waals surface area contributed by atoms with Gasteiger partial charge in [0.15, 0.2) is 0 Å². The molecule has 0 aromatic heterocycles. The lowest BCUT2D eigenvalue weighted by Crippen LogP contribution is -2.26. The molecular formula is C14H21ClN2O6S. The Kier molecular flexibility index (Phi) is 9.52. The maximum atomic E-state index is 12.3. The first-order valence-corrected chi connectivity index (χ1v) is 8.35. The predicted molar refractivity (Wildman–Crippen MR) is 89.8 cm³/mol. The predicted octanol–water partition coefficient (Wildman–Crippen LogP) is 0.699. The highest BCUT2D eigenvalue weighted by atomic mass is 35.5. The van der Waals surface area contributed by atoms with Crippen molar-refractivity contribution in [3.8, 4) is 0 Å². The second kappa shape index (κ2) is 10.2. The topological polar surface area (TPSA) is 125 Å². The van der Waals surface area contributed by atoms with Crippen molar-refractivity contribution in [1.29, 1.82) is 0 Å². The van der Waals surface area contributed by atoms with Crippen molar-refractivity contribution in [1.82, 2.24) is 4.72 Å². The Balaban J connectivity index is 0.00000529. The zero-order chi connectivity index (χ0) is 17.5. The van der Waals surface area contributed by atoms with E-state index in [9.17, 15) is 18.0 Å². The monoisotopic (exact) mass is 380 g/mol. The molecule has 0 spiro atoms. The van der Waals surface area contributed by atoms with Crippen LogP contribution in [0.2, 0.25) is 0 Å². The summed E-state index contributed by atoms with van der Waals surface area (Å²) >= 11 is 0. The number of nitrogens with one attached hydrogen (secondary N) is 1. The standard InChI is InChI=1S/C14H20N2O6S.ClH/c1-21-13(17)10-7-11(14(18)22-2)9-12(8-10)23(19,20)16-6-4-3-5-15;/h7-9,16H,3-6,15H2,1-2H3;1H. The van der Waals surface area contributed by atoms with Crippen molar-refractivity contribution in [2.75, 3.05) is 27.3 Å². The number of carbonyl (C=O) groups excluding carboxylic acids is 2. The molecule has 0 saturated heterocycles. The van der Waals surface area contributed by atoms with Crippen LogP contribution < -0.4 is 10.5 Å². The van der Waals surface area contributed by atoms with E-state index in [-0.39, 0.29) is 35.0 Å². The van der Waals surface area contributed by atoms with Gasteiger partial charge in [0.2, 0.25) is 10.0 Å². The van der Waals surface area contributed by atoms with Crippen LogP contribution in [0.4, 0.5) is 0 Å². The first-order chi connectivity index (χ1) is 10.9. The number of rotatable bonds is 8. The van der Waals surface area contributed by atoms with Crippen molar-refractivity contribution < 1.29 is 27.5 Å². The zero-order valence-electron chi connectivity index (χ0n) is 13.4. The van der Waals surface area contributed by atoms with Gasteiger partial charge in [-0.3, -0.25) is 0 Å². The van der Waals surface area contributed by atoms with E-state index in [1.807, 2.05) is 0 Å². The molecule has 0 atom stereocenters. The van der Waals surface area contributed by atoms with Gasteiger partial charge >= 0.3 is 11.9 Å². The van der Waals surface area contributed by atoms with Gasteiger partial charge in [0, 0.05) is 6.54 Å². The molecule has 1 rings (SSSR count). The van der Waals surface area contributed by atoms with Gasteiger partial charge in [-0.1, -0.05) is 0 Å². The maximum absolute atomic E-state index is 12.3. The Bertz CT molecular complexity index is 644. The summed E-state index contributed by atoms with van der Waals surface area (Å²) in [5.74, 6) is -1.51. The van der Waals surface area contributed by atoms with Gasteiger partial charge in [-0.15, -0.1) is 12.4 Å². The van der Waals surface area contributed by atoms with Gasteiger partial charge in [-0.2, -0.15) is 0 Å². The molecule has 0 aliphatic carbocycles. The van der Waals surface area contributed by atoms with Gasteiger partial charge < -0.3 is 15.2 Å². The summed E-state index contributed by atoms with van der Waals surface area (Å²) in [4.78, 5) is 23.1. The Morgan fingerprint density at radius 2 is 1.54 bits per heavy atom. The molecule has 1 aromatic carbocycles. The molecule has 0 saturated carbocycles. The van der Waals surface area contributed by atoms with E-state index in [2.05, 4.69) is 14.2 Å². The molecule has 3 N–H and O–H groups in total. The van der Waals surface area contributed by atoms with E-state index < -0.39 is 22.0 Å². The van der Waals surface area contributed by atoms with Crippen LogP contribution in [0.15, 0.2) is 23.1 Å². The third-order valence-electron chi connectivity index (χ3n) is 2.98. The lowest BCUT2D eigenvalue weighted by atomic mass is 10.1. The number of benzene rings is 1. The summed E-state index contributed by atoms with van der Waals surface area (Å²) in [5.41, 5.74) is 5.23. The first kappa shape index (κ1) is 22.3. The Labute approximate surface area is 147 Å². The summed E-state index contributed by atoms with van der Waals surface area (Å²) in [6.45, 7) is 0.668. The lowest BCUT2D eigenvalue weighted by Gasteiger charge is -2.10. The molecule has 0 amide bonds. The highest BCUT2D eigenvalue weighted by molar-refractivity contribution is 7.89. The van der Waals surface area contributed by atoms with E-state index in [1.165, 1.54) is 6.07 Å². The molecule has 0 aliphatic rings. The van der Waals surface area contributed by atoms with Crippen LogP contribution in [0.5, 0.6) is 0 Å². The third kappa shape index (κ3) is 6.08. The van der Waals surface area contributed by atoms with Crippen molar-refractivity contribution in [2.45, 2.75) is 17.7 Å². The number of ether oxygens (including phenoxy) is 2. The second-order valence-corrected chi connectivity index (χ2v) is 6.39. The summed E-state index contributed by atoms with van der Waals surface area (Å²) in [6.07, 6.45) is 1.26. The highest BCUT2D eigenvalue weighted by Gasteiger charge is 2.20. The number of hydrogen-bond acceptors (Lipinski definition) is 7. The largest absolute Gasteiger partial charge is 0.465 e. The molecule has 136 valence electrons. The minimum absolute atomic E-state index is 0. The van der Waals surface area contributed by atoms with Crippen LogP contribution >= 0.6 is 12.4 Å². The SMILES string of the molecule is COC(=O)c1cc(C(=O)OC)cc(S(=O)(=O)NCCCCN)c1.Cl. The summed E-state index contributed by atoms with van der Waals surface area (Å²) in [6, 6.07) is 3.50. The average molecular weight is 381 g/mol. The van der Waals surface area contributed by atoms with Gasteiger partial charge in [0.25, 0.3) is 0 Å². The first-order valence-electron chi connectivity index (χ1n) is 6.87. The normalized spacial score (nSPS) is 10.6. The molecule has 10 heteroatoms. The van der Waals surface area contributed by atoms with Gasteiger partial charge in [0.05, 0.1) is 30.2 Å². The lowest BCUT2D eigenvalue weighted by molar-refractivity contribution is 0.0598. The van der Waals surface area contributed by atoms with Crippen molar-refractivity contribution in [3.63, 3.8) is 0 Å². The van der Waals surface area contributed by atoms with Gasteiger partial charge in [-0.25, -0.2) is 22.7 Å². The van der Waals surface area contributed by atoms with Crippen LogP contribution in [0, 0.1) is 0 Å². The summed E-state index contributed by atoms with van der Waals surface area (Å²) in [5, 5.41) is 0. The fourth-order valence-corrected chi connectivity index (χ4v) is 2.93. The van der Waals surface area contributed by atoms with Crippen molar-refractivity contribution in [2.24, 2.45) is 5.73 Å². The molecule has 0 aliphatic heterocycles. The molecule has 8 nitrogen and oxygen atoms in total. The zero-order valence-corrected chi connectivity index (χ0v) is 15.0. The molecule has 0 fully saturated rings. The number of hydrogen-bond donors (Lipinski definition) is 2. The maximum Gasteiger partial charge on any atom is 0.337 e. The van der Waals surface area contributed by atoms with E-state index in [0.29, 0.717) is 19.4 Å². The summed E-state index contributed by atoms with van der Waals surface area (Å²) in [7, 11) is -1.56. The molecule has 1 aromatic rings. The quantitative estimate of drug-likeness (QED) is 0.502. The van der Waals surface area contributed by atoms with E-state index >= 15 is 0 Å². The third-order valence-corrected chi connectivity index (χ3v) is 4.42. The highest BCUT2D eigenvalue weighted by Crippen LogP contribution is 2.17. The Hall–Kier alpha value is -1.68. The average Bonchev–Trinajstić information content (AvgIpc) is 2.56. The van der Waals surface area contributed by atoms with Crippen molar-refractivity contribution in [3.05, 3.63) is 29.3 Å². The smallest absolute Gasteiger partial charge is 0.337 e. The van der Waals surface area contributed by atoms with Crippen LogP contribution in [-0.2, 0) is 19.5 Å². The van der Waals surface area contributed by atoms with Gasteiger partial charge in [-0.05, 0) is 37.6 Å². The van der Waals surface area contributed by atoms with E-state index in [0.717, 1.165) is 26.4 Å². The van der Waals surface area contributed by atoms with Gasteiger partial charge in [0.1, 0.15) is 0 Å². The number of carbonyl (C=O) groups is 2. The summed E-state index contributed by atoms with van der Waals surface area (Å²) < 4.78 is 36.1. The van der Waals surface area contributed by atoms with Crippen molar-refractivity contribution >= 4 is 34.4 Å². The van der Waals surface area contributed by atoms with Crippen LogP contribution in [-0.4, -0.2) is 47.7 Å². The minimum atomic E-state index is -3.88. The number of esters is 2. The molecule has 0 heterocycles. The minimum Gasteiger partial charge on any atom is -0.465 e. The number of unbranched alkanes of at least 4 members (excludes halogenated alkanes) is 1. The Morgan fingerprint density at radius 3 is 1.96 bits per heavy atom. The second-order valence-electron chi connectivity index (χ2n) is 4.62. The molecule has 24 heavy (non-hydrogen) atoms. The van der Waals surface area contributed by atoms with Crippen LogP contribution in [0.1, 0.15) is 33.6 Å². The van der Waals surface area contributed by atoms with Crippen LogP contribution in [0.25, 0.3) is 0 Å². The Morgan fingerprint density at radius 1 is 1.04 bits per heavy atom. The molecule has 0 unspecified atom stereocenters. The fourth-order valence-electron chi connectivity index (χ4n) is 1.78.